The topological polar surface area (TPSA) is 59.4 Å². The third-order valence-corrected chi connectivity index (χ3v) is 7.27. The summed E-state index contributed by atoms with van der Waals surface area (Å²) in [5.74, 6) is 1.09. The molecular formula is C23H26N4O2S. The third kappa shape index (κ3) is 3.87. The van der Waals surface area contributed by atoms with E-state index in [0.29, 0.717) is 24.5 Å². The molecule has 1 unspecified atom stereocenters. The summed E-state index contributed by atoms with van der Waals surface area (Å²) >= 11 is 1.73. The van der Waals surface area contributed by atoms with Crippen molar-refractivity contribution in [3.8, 4) is 10.6 Å². The first-order valence-corrected chi connectivity index (χ1v) is 11.4. The predicted octanol–water partition coefficient (Wildman–Crippen LogP) is 4.58. The molecule has 156 valence electrons. The lowest BCUT2D eigenvalue weighted by molar-refractivity contribution is -0.00222. The van der Waals surface area contributed by atoms with Gasteiger partial charge in [-0.1, -0.05) is 24.3 Å². The number of benzene rings is 1. The summed E-state index contributed by atoms with van der Waals surface area (Å²) < 4.78 is 7.60. The molecule has 2 aromatic heterocycles. The van der Waals surface area contributed by atoms with E-state index in [-0.39, 0.29) is 6.09 Å². The predicted molar refractivity (Wildman–Crippen MR) is 119 cm³/mol. The number of aromatic nitrogens is 2. The Morgan fingerprint density at radius 3 is 2.87 bits per heavy atom. The fourth-order valence-corrected chi connectivity index (χ4v) is 5.55. The quantitative estimate of drug-likeness (QED) is 0.654. The number of para-hydroxylation sites is 1. The smallest absolute Gasteiger partial charge is 0.411 e. The van der Waals surface area contributed by atoms with Crippen LogP contribution in [0.3, 0.4) is 0 Å². The highest BCUT2D eigenvalue weighted by Gasteiger charge is 2.42. The molecule has 7 heteroatoms. The number of ether oxygens (including phenoxy) is 1. The van der Waals surface area contributed by atoms with E-state index in [9.17, 15) is 4.79 Å². The normalized spacial score (nSPS) is 25.2. The fourth-order valence-electron chi connectivity index (χ4n) is 4.87. The molecule has 30 heavy (non-hydrogen) atoms. The Labute approximate surface area is 180 Å². The van der Waals surface area contributed by atoms with Gasteiger partial charge < -0.3 is 4.74 Å². The fraction of sp³-hybridized carbons (Fsp3) is 0.391. The van der Waals surface area contributed by atoms with Crippen molar-refractivity contribution in [1.29, 1.82) is 0 Å². The monoisotopic (exact) mass is 422 g/mol. The van der Waals surface area contributed by atoms with Gasteiger partial charge in [0.1, 0.15) is 12.3 Å². The van der Waals surface area contributed by atoms with Gasteiger partial charge >= 0.3 is 6.09 Å². The molecule has 0 radical (unpaired) electrons. The van der Waals surface area contributed by atoms with E-state index in [1.54, 1.807) is 11.3 Å². The van der Waals surface area contributed by atoms with Crippen LogP contribution in [0.4, 0.5) is 10.5 Å². The minimum absolute atomic E-state index is 0.298. The van der Waals surface area contributed by atoms with Gasteiger partial charge in [-0.15, -0.1) is 11.3 Å². The standard InChI is InChI=1S/C23H26N4O2S/c1-26-21(13-20(25-26)22-8-5-11-30-22)19-14-27-10-9-16(19)12-18(27)15-29-23(28)24-17-6-3-2-4-7-17/h2-8,11,13,16,18-19H,9-10,12,14-15H2,1H3,(H,24,28)/t16-,18+,19-/m0/s1. The lowest BCUT2D eigenvalue weighted by atomic mass is 9.74. The molecule has 6 nitrogen and oxygen atoms in total. The first-order valence-electron chi connectivity index (χ1n) is 10.5. The number of aryl methyl sites for hydroxylation is 1. The Morgan fingerprint density at radius 1 is 1.27 bits per heavy atom. The second kappa shape index (κ2) is 8.24. The van der Waals surface area contributed by atoms with Gasteiger partial charge in [-0.2, -0.15) is 5.10 Å². The molecule has 5 heterocycles. The largest absolute Gasteiger partial charge is 0.448 e. The van der Waals surface area contributed by atoms with E-state index in [2.05, 4.69) is 45.5 Å². The van der Waals surface area contributed by atoms with Crippen LogP contribution in [0.25, 0.3) is 10.6 Å². The van der Waals surface area contributed by atoms with Crippen molar-refractivity contribution in [3.63, 3.8) is 0 Å². The molecule has 4 atom stereocenters. The van der Waals surface area contributed by atoms with Crippen LogP contribution < -0.4 is 5.32 Å². The number of anilines is 1. The van der Waals surface area contributed by atoms with Gasteiger partial charge in [0.25, 0.3) is 0 Å². The Kier molecular flexibility index (Phi) is 5.31. The van der Waals surface area contributed by atoms with Crippen molar-refractivity contribution in [2.24, 2.45) is 13.0 Å². The summed E-state index contributed by atoms with van der Waals surface area (Å²) in [6.45, 7) is 2.52. The Morgan fingerprint density at radius 2 is 2.13 bits per heavy atom. The second-order valence-electron chi connectivity index (χ2n) is 8.18. The summed E-state index contributed by atoms with van der Waals surface area (Å²) in [7, 11) is 2.05. The first-order chi connectivity index (χ1) is 14.7. The van der Waals surface area contributed by atoms with Crippen LogP contribution in [0.5, 0.6) is 0 Å². The number of thiophene rings is 1. The zero-order valence-electron chi connectivity index (χ0n) is 17.0. The van der Waals surface area contributed by atoms with Gasteiger partial charge in [0.15, 0.2) is 0 Å². The molecule has 1 aromatic carbocycles. The van der Waals surface area contributed by atoms with Crippen LogP contribution in [-0.2, 0) is 11.8 Å². The van der Waals surface area contributed by atoms with E-state index in [0.717, 1.165) is 30.9 Å². The molecule has 1 N–H and O–H groups in total. The maximum absolute atomic E-state index is 12.1. The molecule has 2 bridgehead atoms. The summed E-state index contributed by atoms with van der Waals surface area (Å²) in [6, 6.07) is 16.2. The number of carbonyl (C=O) groups is 1. The minimum atomic E-state index is -0.382. The summed E-state index contributed by atoms with van der Waals surface area (Å²) in [6.07, 6.45) is 1.87. The average molecular weight is 423 g/mol. The highest BCUT2D eigenvalue weighted by molar-refractivity contribution is 7.13. The lowest BCUT2D eigenvalue weighted by Crippen LogP contribution is -2.54. The molecular weight excluding hydrogens is 396 g/mol. The van der Waals surface area contributed by atoms with Crippen LogP contribution >= 0.6 is 11.3 Å². The number of nitrogens with zero attached hydrogens (tertiary/aromatic N) is 3. The molecule has 0 saturated carbocycles. The molecule has 3 saturated heterocycles. The van der Waals surface area contributed by atoms with Gasteiger partial charge in [0.05, 0.1) is 4.88 Å². The van der Waals surface area contributed by atoms with E-state index in [1.165, 1.54) is 17.0 Å². The number of carbonyl (C=O) groups excluding carboxylic acids is 1. The number of fused-ring (bicyclic) bond motifs is 3. The van der Waals surface area contributed by atoms with Gasteiger partial charge in [-0.05, 0) is 54.9 Å². The molecule has 3 aliphatic rings. The molecule has 0 aliphatic carbocycles. The maximum Gasteiger partial charge on any atom is 0.411 e. The van der Waals surface area contributed by atoms with Crippen molar-refractivity contribution < 1.29 is 9.53 Å². The Hall–Kier alpha value is -2.64. The molecule has 3 fully saturated rings. The molecule has 3 aliphatic heterocycles. The number of nitrogens with one attached hydrogen (secondary N) is 1. The average Bonchev–Trinajstić information content (AvgIpc) is 3.43. The summed E-state index contributed by atoms with van der Waals surface area (Å²) in [4.78, 5) is 15.8. The lowest BCUT2D eigenvalue weighted by Gasteiger charge is -2.49. The van der Waals surface area contributed by atoms with Crippen molar-refractivity contribution in [1.82, 2.24) is 14.7 Å². The van der Waals surface area contributed by atoms with Gasteiger partial charge in [0, 0.05) is 36.9 Å². The number of piperidine rings is 3. The molecule has 1 amide bonds. The SMILES string of the molecule is Cn1nc(-c2cccs2)cc1[C@H]1CN2CC[C@H]1C[C@@H]2COC(=O)Nc1ccccc1. The Balaban J connectivity index is 1.21. The third-order valence-electron chi connectivity index (χ3n) is 6.38. The van der Waals surface area contributed by atoms with E-state index < -0.39 is 0 Å². The second-order valence-corrected chi connectivity index (χ2v) is 9.13. The van der Waals surface area contributed by atoms with Crippen LogP contribution in [0, 0.1) is 5.92 Å². The van der Waals surface area contributed by atoms with E-state index in [4.69, 9.17) is 9.84 Å². The van der Waals surface area contributed by atoms with Crippen LogP contribution in [0.2, 0.25) is 0 Å². The first kappa shape index (κ1) is 19.3. The number of amides is 1. The molecule has 6 rings (SSSR count). The number of hydrogen-bond donors (Lipinski definition) is 1. The minimum Gasteiger partial charge on any atom is -0.448 e. The Bertz CT molecular complexity index is 1000. The van der Waals surface area contributed by atoms with Crippen molar-refractivity contribution >= 4 is 23.1 Å². The maximum atomic E-state index is 12.1. The molecule has 0 spiro atoms. The van der Waals surface area contributed by atoms with E-state index in [1.807, 2.05) is 30.3 Å². The van der Waals surface area contributed by atoms with Crippen LogP contribution in [0.1, 0.15) is 24.5 Å². The summed E-state index contributed by atoms with van der Waals surface area (Å²) in [5.41, 5.74) is 3.14. The van der Waals surface area contributed by atoms with Gasteiger partial charge in [-0.25, -0.2) is 4.79 Å². The zero-order valence-corrected chi connectivity index (χ0v) is 17.8. The highest BCUT2D eigenvalue weighted by Crippen LogP contribution is 2.42. The highest BCUT2D eigenvalue weighted by atomic mass is 32.1. The number of hydrogen-bond acceptors (Lipinski definition) is 5. The van der Waals surface area contributed by atoms with Crippen LogP contribution in [0.15, 0.2) is 53.9 Å². The zero-order chi connectivity index (χ0) is 20.5. The number of rotatable bonds is 5. The van der Waals surface area contributed by atoms with Crippen molar-refractivity contribution in [3.05, 3.63) is 59.6 Å². The molecule has 3 aromatic rings. The van der Waals surface area contributed by atoms with Crippen molar-refractivity contribution in [2.45, 2.75) is 24.8 Å². The van der Waals surface area contributed by atoms with E-state index >= 15 is 0 Å². The van der Waals surface area contributed by atoms with Gasteiger partial charge in [0.2, 0.25) is 0 Å². The van der Waals surface area contributed by atoms with Gasteiger partial charge in [-0.3, -0.25) is 14.9 Å². The summed E-state index contributed by atoms with van der Waals surface area (Å²) in [5, 5.41) is 9.65. The van der Waals surface area contributed by atoms with Crippen molar-refractivity contribution in [2.75, 3.05) is 25.0 Å². The van der Waals surface area contributed by atoms with Crippen LogP contribution in [-0.4, -0.2) is 46.5 Å².